The molecule has 0 saturated heterocycles. The summed E-state index contributed by atoms with van der Waals surface area (Å²) in [5.41, 5.74) is 12.9. The number of nitrogens with two attached hydrogens (primary N) is 1. The zero-order valence-corrected chi connectivity index (χ0v) is 19.6. The van der Waals surface area contributed by atoms with Gasteiger partial charge in [0.1, 0.15) is 0 Å². The minimum Gasteiger partial charge on any atom is -0.382 e. The van der Waals surface area contributed by atoms with Gasteiger partial charge in [0.05, 0.1) is 11.4 Å². The average molecular weight is 418 g/mol. The van der Waals surface area contributed by atoms with E-state index in [0.717, 1.165) is 60.3 Å². The summed E-state index contributed by atoms with van der Waals surface area (Å²) in [5.74, 6) is 0. The van der Waals surface area contributed by atoms with E-state index in [-0.39, 0.29) is 5.54 Å². The minimum atomic E-state index is -0.257. The summed E-state index contributed by atoms with van der Waals surface area (Å²) >= 11 is 0. The van der Waals surface area contributed by atoms with Crippen molar-refractivity contribution in [2.45, 2.75) is 58.4 Å². The number of nitrogens with one attached hydrogen (secondary N) is 1. The third-order valence-electron chi connectivity index (χ3n) is 5.95. The highest BCUT2D eigenvalue weighted by Crippen LogP contribution is 2.29. The number of aryl methyl sites for hydroxylation is 1. The van der Waals surface area contributed by atoms with E-state index in [1.54, 1.807) is 0 Å². The minimum absolute atomic E-state index is 0.257. The van der Waals surface area contributed by atoms with Gasteiger partial charge >= 0.3 is 0 Å². The average Bonchev–Trinajstić information content (AvgIpc) is 2.77. The van der Waals surface area contributed by atoms with Crippen molar-refractivity contribution in [3.8, 4) is 0 Å². The Morgan fingerprint density at radius 2 is 1.90 bits per heavy atom. The van der Waals surface area contributed by atoms with Crippen molar-refractivity contribution in [3.05, 3.63) is 108 Å². The second-order valence-electron chi connectivity index (χ2n) is 8.57. The van der Waals surface area contributed by atoms with Gasteiger partial charge in [0.15, 0.2) is 0 Å². The highest BCUT2D eigenvalue weighted by atomic mass is 15.2. The van der Waals surface area contributed by atoms with Crippen LogP contribution in [0.2, 0.25) is 0 Å². The molecular weight excluding hydrogens is 378 g/mol. The molecule has 31 heavy (non-hydrogen) atoms. The van der Waals surface area contributed by atoms with E-state index in [1.807, 2.05) is 24.4 Å². The standard InChI is InChI=1S/C28H39N3/c1-7-26-18-14-20-31(24(26)6)27(22(3)4)23(5)30-21-28(29,8-2)19-13-12-17-25-15-10-9-11-16-25/h7,9-11,14-16,18,20,30H,1,5-6,8,12-13,17,19,21,29H2,2-4H3. The van der Waals surface area contributed by atoms with E-state index < -0.39 is 0 Å². The lowest BCUT2D eigenvalue weighted by Crippen LogP contribution is -2.48. The molecule has 3 heteroatoms. The summed E-state index contributed by atoms with van der Waals surface area (Å²) in [7, 11) is 0. The van der Waals surface area contributed by atoms with Gasteiger partial charge in [-0.1, -0.05) is 81.1 Å². The van der Waals surface area contributed by atoms with Gasteiger partial charge in [-0.15, -0.1) is 0 Å². The normalized spacial score (nSPS) is 15.2. The molecule has 2 rings (SSSR count). The molecule has 1 heterocycles. The van der Waals surface area contributed by atoms with E-state index in [9.17, 15) is 0 Å². The fraction of sp³-hybridized carbons (Fsp3) is 0.357. The van der Waals surface area contributed by atoms with Crippen molar-refractivity contribution in [2.24, 2.45) is 5.73 Å². The van der Waals surface area contributed by atoms with Gasteiger partial charge in [0.25, 0.3) is 0 Å². The fourth-order valence-corrected chi connectivity index (χ4v) is 3.85. The maximum absolute atomic E-state index is 6.76. The molecule has 3 nitrogen and oxygen atoms in total. The smallest absolute Gasteiger partial charge is 0.0667 e. The lowest BCUT2D eigenvalue weighted by molar-refractivity contribution is 0.353. The molecule has 1 aromatic rings. The molecular formula is C28H39N3. The SMILES string of the molecule is C=CC1=CC=CN(C(C(=C)NCC(N)(CC)CCCCc2ccccc2)=C(C)C)C1=C. The molecule has 0 fully saturated rings. The van der Waals surface area contributed by atoms with Crippen molar-refractivity contribution < 1.29 is 0 Å². The van der Waals surface area contributed by atoms with Gasteiger partial charge in [-0.25, -0.2) is 0 Å². The lowest BCUT2D eigenvalue weighted by atomic mass is 9.89. The van der Waals surface area contributed by atoms with Crippen molar-refractivity contribution in [1.29, 1.82) is 0 Å². The molecule has 0 bridgehead atoms. The first kappa shape index (κ1) is 24.5. The zero-order chi connectivity index (χ0) is 22.9. The molecule has 1 aliphatic rings. The maximum atomic E-state index is 6.76. The number of rotatable bonds is 12. The van der Waals surface area contributed by atoms with Crippen molar-refractivity contribution in [3.63, 3.8) is 0 Å². The summed E-state index contributed by atoms with van der Waals surface area (Å²) in [4.78, 5) is 2.08. The summed E-state index contributed by atoms with van der Waals surface area (Å²) in [6, 6.07) is 10.7. The van der Waals surface area contributed by atoms with Crippen LogP contribution in [-0.4, -0.2) is 17.0 Å². The third-order valence-corrected chi connectivity index (χ3v) is 5.95. The summed E-state index contributed by atoms with van der Waals surface area (Å²) in [6.07, 6.45) is 13.1. The molecule has 1 aliphatic heterocycles. The molecule has 166 valence electrons. The quantitative estimate of drug-likeness (QED) is 0.307. The number of nitrogens with zero attached hydrogens (tertiary/aromatic N) is 1. The van der Waals surface area contributed by atoms with Gasteiger partial charge in [-0.3, -0.25) is 0 Å². The summed E-state index contributed by atoms with van der Waals surface area (Å²) in [6.45, 7) is 19.5. The van der Waals surface area contributed by atoms with E-state index in [0.29, 0.717) is 6.54 Å². The monoisotopic (exact) mass is 417 g/mol. The van der Waals surface area contributed by atoms with Gasteiger partial charge < -0.3 is 16.0 Å². The van der Waals surface area contributed by atoms with Gasteiger partial charge in [0.2, 0.25) is 0 Å². The third kappa shape index (κ3) is 6.86. The Morgan fingerprint density at radius 3 is 2.52 bits per heavy atom. The number of hydrogen-bond acceptors (Lipinski definition) is 3. The topological polar surface area (TPSA) is 41.3 Å². The molecule has 1 aromatic carbocycles. The Morgan fingerprint density at radius 1 is 1.19 bits per heavy atom. The Labute approximate surface area is 189 Å². The van der Waals surface area contributed by atoms with Gasteiger partial charge in [0, 0.05) is 24.0 Å². The Hall–Kier alpha value is -2.78. The van der Waals surface area contributed by atoms with Crippen LogP contribution in [0, 0.1) is 0 Å². The second-order valence-corrected chi connectivity index (χ2v) is 8.57. The highest BCUT2D eigenvalue weighted by Gasteiger charge is 2.24. The molecule has 3 N–H and O–H groups in total. The fourth-order valence-electron chi connectivity index (χ4n) is 3.85. The van der Waals surface area contributed by atoms with Crippen molar-refractivity contribution >= 4 is 0 Å². The predicted molar refractivity (Wildman–Crippen MR) is 135 cm³/mol. The maximum Gasteiger partial charge on any atom is 0.0667 e. The van der Waals surface area contributed by atoms with Crippen LogP contribution >= 0.6 is 0 Å². The number of benzene rings is 1. The van der Waals surface area contributed by atoms with Crippen LogP contribution in [0.4, 0.5) is 0 Å². The van der Waals surface area contributed by atoms with Crippen LogP contribution in [0.3, 0.4) is 0 Å². The van der Waals surface area contributed by atoms with E-state index >= 15 is 0 Å². The van der Waals surface area contributed by atoms with Crippen LogP contribution in [-0.2, 0) is 6.42 Å². The number of hydrogen-bond donors (Lipinski definition) is 2. The van der Waals surface area contributed by atoms with Crippen LogP contribution in [0.15, 0.2) is 103 Å². The molecule has 0 radical (unpaired) electrons. The van der Waals surface area contributed by atoms with Crippen molar-refractivity contribution in [1.82, 2.24) is 10.2 Å². The van der Waals surface area contributed by atoms with Crippen molar-refractivity contribution in [2.75, 3.05) is 6.54 Å². The Kier molecular flexibility index (Phi) is 9.14. The molecule has 0 spiro atoms. The molecule has 0 amide bonds. The lowest BCUT2D eigenvalue weighted by Gasteiger charge is -2.34. The first-order chi connectivity index (χ1) is 14.8. The zero-order valence-electron chi connectivity index (χ0n) is 19.6. The largest absolute Gasteiger partial charge is 0.382 e. The molecule has 0 saturated carbocycles. The predicted octanol–water partition coefficient (Wildman–Crippen LogP) is 6.36. The van der Waals surface area contributed by atoms with E-state index in [2.05, 4.69) is 81.1 Å². The van der Waals surface area contributed by atoms with E-state index in [4.69, 9.17) is 5.73 Å². The first-order valence-electron chi connectivity index (χ1n) is 11.2. The number of allylic oxidation sites excluding steroid dienone is 4. The van der Waals surface area contributed by atoms with E-state index in [1.165, 1.54) is 5.56 Å². The van der Waals surface area contributed by atoms with Crippen LogP contribution in [0.1, 0.15) is 52.0 Å². The second kappa shape index (κ2) is 11.6. The summed E-state index contributed by atoms with van der Waals surface area (Å²) < 4.78 is 0. The van der Waals surface area contributed by atoms with Crippen LogP contribution in [0.5, 0.6) is 0 Å². The van der Waals surface area contributed by atoms with Crippen LogP contribution in [0.25, 0.3) is 0 Å². The highest BCUT2D eigenvalue weighted by molar-refractivity contribution is 5.48. The molecule has 0 aromatic heterocycles. The number of unbranched alkanes of at least 4 members (excludes halogenated alkanes) is 1. The summed E-state index contributed by atoms with van der Waals surface area (Å²) in [5, 5.41) is 3.53. The molecule has 1 atom stereocenters. The molecule has 0 aliphatic carbocycles. The Balaban J connectivity index is 1.94. The van der Waals surface area contributed by atoms with Gasteiger partial charge in [-0.2, -0.15) is 0 Å². The van der Waals surface area contributed by atoms with Crippen LogP contribution < -0.4 is 11.1 Å². The Bertz CT molecular complexity index is 869. The first-order valence-corrected chi connectivity index (χ1v) is 11.2. The molecule has 1 unspecified atom stereocenters. The van der Waals surface area contributed by atoms with Gasteiger partial charge in [-0.05, 0) is 56.7 Å².